The van der Waals surface area contributed by atoms with Crippen molar-refractivity contribution in [3.8, 4) is 0 Å². The summed E-state index contributed by atoms with van der Waals surface area (Å²) in [6, 6.07) is 1.15. The van der Waals surface area contributed by atoms with E-state index in [9.17, 15) is 19.8 Å². The van der Waals surface area contributed by atoms with E-state index >= 15 is 0 Å². The van der Waals surface area contributed by atoms with Gasteiger partial charge in [-0.1, -0.05) is 0 Å². The summed E-state index contributed by atoms with van der Waals surface area (Å²) < 4.78 is 6.27. The molecule has 2 heterocycles. The van der Waals surface area contributed by atoms with E-state index in [-0.39, 0.29) is 0 Å². The van der Waals surface area contributed by atoms with Gasteiger partial charge in [0.1, 0.15) is 12.2 Å². The molecule has 0 aliphatic carbocycles. The molecule has 1 aromatic heterocycles. The van der Waals surface area contributed by atoms with Gasteiger partial charge in [0.05, 0.1) is 6.10 Å². The third kappa shape index (κ3) is 1.69. The zero-order valence-corrected chi connectivity index (χ0v) is 8.53. The molecule has 16 heavy (non-hydrogen) atoms. The van der Waals surface area contributed by atoms with Crippen LogP contribution in [0.25, 0.3) is 0 Å². The van der Waals surface area contributed by atoms with E-state index in [1.54, 1.807) is 6.92 Å². The third-order valence-electron chi connectivity index (χ3n) is 2.60. The van der Waals surface area contributed by atoms with Gasteiger partial charge in [0.25, 0.3) is 5.56 Å². The van der Waals surface area contributed by atoms with Gasteiger partial charge in [-0.2, -0.15) is 0 Å². The topological polar surface area (TPSA) is 105 Å². The molecule has 88 valence electrons. The van der Waals surface area contributed by atoms with E-state index in [2.05, 4.69) is 0 Å². The molecule has 0 radical (unpaired) electrons. The zero-order chi connectivity index (χ0) is 11.9. The molecule has 1 aliphatic rings. The molecule has 2 rings (SSSR count). The monoisotopic (exact) mass is 228 g/mol. The summed E-state index contributed by atoms with van der Waals surface area (Å²) >= 11 is 0. The predicted octanol–water partition coefficient (Wildman–Crippen LogP) is -1.82. The molecule has 1 aromatic rings. The SMILES string of the molecule is C[C@@H]1O[C@H](n2ccc(=O)[nH]c2=O)C(O)[C@@H]1O. The first-order valence-electron chi connectivity index (χ1n) is 4.84. The second-order valence-corrected chi connectivity index (χ2v) is 3.73. The standard InChI is InChI=1S/C9H12N2O5/c1-4-6(13)7(14)8(16-4)11-3-2-5(12)10-9(11)15/h2-4,6-8,13-14H,1H3,(H,10,12,15)/t4-,6+,7?,8-/m0/s1. The van der Waals surface area contributed by atoms with Gasteiger partial charge in [0.2, 0.25) is 0 Å². The number of aliphatic hydroxyl groups is 2. The smallest absolute Gasteiger partial charge is 0.330 e. The lowest BCUT2D eigenvalue weighted by Crippen LogP contribution is -2.37. The van der Waals surface area contributed by atoms with Crippen molar-refractivity contribution in [1.82, 2.24) is 9.55 Å². The van der Waals surface area contributed by atoms with Crippen molar-refractivity contribution in [1.29, 1.82) is 0 Å². The van der Waals surface area contributed by atoms with Crippen LogP contribution in [0, 0.1) is 0 Å². The number of aromatic amines is 1. The molecule has 1 saturated heterocycles. The molecule has 1 fully saturated rings. The van der Waals surface area contributed by atoms with Crippen LogP contribution < -0.4 is 11.2 Å². The van der Waals surface area contributed by atoms with Crippen LogP contribution in [0.5, 0.6) is 0 Å². The zero-order valence-electron chi connectivity index (χ0n) is 8.53. The van der Waals surface area contributed by atoms with Crippen molar-refractivity contribution in [2.75, 3.05) is 0 Å². The highest BCUT2D eigenvalue weighted by Crippen LogP contribution is 2.27. The van der Waals surface area contributed by atoms with Gasteiger partial charge >= 0.3 is 5.69 Å². The van der Waals surface area contributed by atoms with Crippen LogP contribution in [-0.2, 0) is 4.74 Å². The van der Waals surface area contributed by atoms with Crippen LogP contribution in [0.4, 0.5) is 0 Å². The molecule has 7 nitrogen and oxygen atoms in total. The maximum atomic E-state index is 11.4. The van der Waals surface area contributed by atoms with E-state index in [0.717, 1.165) is 10.6 Å². The Morgan fingerprint density at radius 2 is 2.06 bits per heavy atom. The van der Waals surface area contributed by atoms with Gasteiger partial charge in [-0.3, -0.25) is 14.3 Å². The van der Waals surface area contributed by atoms with Crippen molar-refractivity contribution in [2.45, 2.75) is 31.5 Å². The van der Waals surface area contributed by atoms with Crippen LogP contribution in [-0.4, -0.2) is 38.1 Å². The molecule has 0 amide bonds. The predicted molar refractivity (Wildman–Crippen MR) is 52.9 cm³/mol. The van der Waals surface area contributed by atoms with Crippen LogP contribution in [0.3, 0.4) is 0 Å². The lowest BCUT2D eigenvalue weighted by molar-refractivity contribution is -0.0351. The Kier molecular flexibility index (Phi) is 2.66. The summed E-state index contributed by atoms with van der Waals surface area (Å²) in [5.41, 5.74) is -1.21. The van der Waals surface area contributed by atoms with Gasteiger partial charge in [-0.15, -0.1) is 0 Å². The highest BCUT2D eigenvalue weighted by atomic mass is 16.6. The number of rotatable bonds is 1. The summed E-state index contributed by atoms with van der Waals surface area (Å²) in [6.45, 7) is 1.59. The molecule has 1 aliphatic heterocycles. The normalized spacial score (nSPS) is 34.2. The average molecular weight is 228 g/mol. The summed E-state index contributed by atoms with van der Waals surface area (Å²) in [5, 5.41) is 19.1. The molecule has 4 atom stereocenters. The molecule has 0 saturated carbocycles. The summed E-state index contributed by atoms with van der Waals surface area (Å²) in [5.74, 6) is 0. The maximum Gasteiger partial charge on any atom is 0.330 e. The van der Waals surface area contributed by atoms with Crippen molar-refractivity contribution in [2.24, 2.45) is 0 Å². The molecule has 0 aromatic carbocycles. The van der Waals surface area contributed by atoms with Crippen molar-refractivity contribution in [3.63, 3.8) is 0 Å². The number of hydrogen-bond acceptors (Lipinski definition) is 5. The summed E-state index contributed by atoms with van der Waals surface area (Å²) in [4.78, 5) is 24.3. The number of aliphatic hydroxyl groups excluding tert-OH is 2. The minimum absolute atomic E-state index is 0.526. The Hall–Kier alpha value is -1.44. The molecule has 1 unspecified atom stereocenters. The van der Waals surface area contributed by atoms with Crippen molar-refractivity contribution < 1.29 is 14.9 Å². The van der Waals surface area contributed by atoms with E-state index in [1.807, 2.05) is 4.98 Å². The first-order valence-corrected chi connectivity index (χ1v) is 4.84. The summed E-state index contributed by atoms with van der Waals surface area (Å²) in [6.07, 6.45) is -2.57. The summed E-state index contributed by atoms with van der Waals surface area (Å²) in [7, 11) is 0. The average Bonchev–Trinajstić information content (AvgIpc) is 2.46. The van der Waals surface area contributed by atoms with E-state index in [1.165, 1.54) is 6.20 Å². The van der Waals surface area contributed by atoms with Crippen LogP contribution >= 0.6 is 0 Å². The number of ether oxygens (including phenoxy) is 1. The fraction of sp³-hybridized carbons (Fsp3) is 0.556. The van der Waals surface area contributed by atoms with Crippen LogP contribution in [0.2, 0.25) is 0 Å². The van der Waals surface area contributed by atoms with Gasteiger partial charge in [-0.05, 0) is 6.92 Å². The molecular formula is C9H12N2O5. The molecule has 0 spiro atoms. The van der Waals surface area contributed by atoms with E-state index < -0.39 is 35.8 Å². The lowest BCUT2D eigenvalue weighted by atomic mass is 10.1. The molecule has 0 bridgehead atoms. The maximum absolute atomic E-state index is 11.4. The van der Waals surface area contributed by atoms with Crippen molar-refractivity contribution >= 4 is 0 Å². The first kappa shape index (κ1) is 11.1. The highest BCUT2D eigenvalue weighted by Gasteiger charge is 2.41. The Bertz CT molecular complexity index is 493. The second-order valence-electron chi connectivity index (χ2n) is 3.73. The Balaban J connectivity index is 2.39. The highest BCUT2D eigenvalue weighted by molar-refractivity contribution is 4.91. The van der Waals surface area contributed by atoms with Crippen LogP contribution in [0.1, 0.15) is 13.2 Å². The second kappa shape index (κ2) is 3.85. The van der Waals surface area contributed by atoms with Gasteiger partial charge < -0.3 is 14.9 Å². The van der Waals surface area contributed by atoms with Gasteiger partial charge in [0.15, 0.2) is 6.23 Å². The minimum Gasteiger partial charge on any atom is -0.388 e. The third-order valence-corrected chi connectivity index (χ3v) is 2.60. The van der Waals surface area contributed by atoms with Crippen molar-refractivity contribution in [3.05, 3.63) is 33.1 Å². The Labute approximate surface area is 89.9 Å². The lowest BCUT2D eigenvalue weighted by Gasteiger charge is -2.16. The molecule has 3 N–H and O–H groups in total. The van der Waals surface area contributed by atoms with Gasteiger partial charge in [0, 0.05) is 12.3 Å². The number of nitrogens with one attached hydrogen (secondary N) is 1. The number of H-pyrrole nitrogens is 1. The number of nitrogens with zero attached hydrogens (tertiary/aromatic N) is 1. The Morgan fingerprint density at radius 3 is 2.56 bits per heavy atom. The number of aromatic nitrogens is 2. The molecule has 7 heteroatoms. The first-order chi connectivity index (χ1) is 7.50. The van der Waals surface area contributed by atoms with Gasteiger partial charge in [-0.25, -0.2) is 4.79 Å². The Morgan fingerprint density at radius 1 is 1.38 bits per heavy atom. The van der Waals surface area contributed by atoms with E-state index in [4.69, 9.17) is 4.74 Å². The fourth-order valence-corrected chi connectivity index (χ4v) is 1.69. The van der Waals surface area contributed by atoms with E-state index in [0.29, 0.717) is 0 Å². The molecular weight excluding hydrogens is 216 g/mol. The van der Waals surface area contributed by atoms with Crippen LogP contribution in [0.15, 0.2) is 21.9 Å². The quantitative estimate of drug-likeness (QED) is 0.524. The minimum atomic E-state index is -1.20. The largest absolute Gasteiger partial charge is 0.388 e. The fourth-order valence-electron chi connectivity index (χ4n) is 1.69. The number of hydrogen-bond donors (Lipinski definition) is 3.